The standard InChI is InChI=1S/C15H22O5/c1-14(2)7-19-15(20-8-14)5-9-4-11(16)12(10(9)6-15)13(17)18-3/h9-10,12H,4-8H2,1-3H3/t9-,10+,12+/m1/s1. The largest absolute Gasteiger partial charge is 0.468 e. The lowest BCUT2D eigenvalue weighted by atomic mass is 9.91. The van der Waals surface area contributed by atoms with Gasteiger partial charge in [0.05, 0.1) is 20.3 Å². The minimum atomic E-state index is -0.619. The van der Waals surface area contributed by atoms with Crippen LogP contribution in [0.4, 0.5) is 0 Å². The molecule has 0 amide bonds. The van der Waals surface area contributed by atoms with E-state index >= 15 is 0 Å². The Morgan fingerprint density at radius 1 is 1.25 bits per heavy atom. The molecule has 20 heavy (non-hydrogen) atoms. The highest BCUT2D eigenvalue weighted by Crippen LogP contribution is 2.53. The summed E-state index contributed by atoms with van der Waals surface area (Å²) in [5.74, 6) is -1.40. The summed E-state index contributed by atoms with van der Waals surface area (Å²) in [6, 6.07) is 0. The SMILES string of the molecule is COC(=O)[C@@H]1C(=O)C[C@@H]2CC3(C[C@@H]21)OCC(C)(C)CO3. The molecule has 2 aliphatic carbocycles. The maximum Gasteiger partial charge on any atom is 0.316 e. The molecule has 1 saturated heterocycles. The molecule has 5 heteroatoms. The smallest absolute Gasteiger partial charge is 0.316 e. The van der Waals surface area contributed by atoms with Gasteiger partial charge in [-0.1, -0.05) is 13.8 Å². The Bertz CT molecular complexity index is 424. The fourth-order valence-electron chi connectivity index (χ4n) is 3.80. The maximum atomic E-state index is 12.0. The first kappa shape index (κ1) is 14.0. The van der Waals surface area contributed by atoms with Gasteiger partial charge in [-0.25, -0.2) is 0 Å². The zero-order valence-corrected chi connectivity index (χ0v) is 12.3. The number of esters is 1. The van der Waals surface area contributed by atoms with Crippen molar-refractivity contribution in [3.05, 3.63) is 0 Å². The van der Waals surface area contributed by atoms with Gasteiger partial charge in [0.15, 0.2) is 5.79 Å². The maximum absolute atomic E-state index is 12.0. The lowest BCUT2D eigenvalue weighted by molar-refractivity contribution is -0.297. The molecule has 3 atom stereocenters. The first-order valence-electron chi connectivity index (χ1n) is 7.24. The molecule has 0 aromatic rings. The monoisotopic (exact) mass is 282 g/mol. The third-order valence-corrected chi connectivity index (χ3v) is 4.87. The summed E-state index contributed by atoms with van der Waals surface area (Å²) in [5, 5.41) is 0. The molecule has 3 rings (SSSR count). The van der Waals surface area contributed by atoms with E-state index in [0.29, 0.717) is 32.5 Å². The minimum absolute atomic E-state index is 0.0103. The summed E-state index contributed by atoms with van der Waals surface area (Å²) < 4.78 is 16.8. The van der Waals surface area contributed by atoms with E-state index in [1.54, 1.807) is 0 Å². The topological polar surface area (TPSA) is 61.8 Å². The molecule has 112 valence electrons. The van der Waals surface area contributed by atoms with Crippen molar-refractivity contribution in [2.75, 3.05) is 20.3 Å². The van der Waals surface area contributed by atoms with Crippen molar-refractivity contribution < 1.29 is 23.8 Å². The van der Waals surface area contributed by atoms with Gasteiger partial charge in [0.25, 0.3) is 0 Å². The lowest BCUT2D eigenvalue weighted by Gasteiger charge is -2.42. The molecular formula is C15H22O5. The van der Waals surface area contributed by atoms with Crippen molar-refractivity contribution >= 4 is 11.8 Å². The second-order valence-electron chi connectivity index (χ2n) is 7.16. The Labute approximate surface area is 118 Å². The van der Waals surface area contributed by atoms with Crippen molar-refractivity contribution in [3.8, 4) is 0 Å². The Morgan fingerprint density at radius 2 is 1.90 bits per heavy atom. The Balaban J connectivity index is 1.74. The molecule has 0 aromatic heterocycles. The number of methoxy groups -OCH3 is 1. The molecule has 0 unspecified atom stereocenters. The molecule has 0 N–H and O–H groups in total. The van der Waals surface area contributed by atoms with E-state index in [-0.39, 0.29) is 23.0 Å². The van der Waals surface area contributed by atoms with Gasteiger partial charge >= 0.3 is 5.97 Å². The van der Waals surface area contributed by atoms with Gasteiger partial charge in [-0.15, -0.1) is 0 Å². The number of carbonyl (C=O) groups is 2. The summed E-state index contributed by atoms with van der Waals surface area (Å²) in [7, 11) is 1.34. The molecule has 5 nitrogen and oxygen atoms in total. The van der Waals surface area contributed by atoms with Crippen LogP contribution in [0.2, 0.25) is 0 Å². The predicted octanol–water partition coefficient (Wildman–Crippen LogP) is 1.54. The number of ketones is 1. The second-order valence-corrected chi connectivity index (χ2v) is 7.16. The van der Waals surface area contributed by atoms with Crippen LogP contribution in [-0.2, 0) is 23.8 Å². The van der Waals surface area contributed by atoms with Crippen LogP contribution in [0.1, 0.15) is 33.1 Å². The summed E-state index contributed by atoms with van der Waals surface area (Å²) in [6.45, 7) is 5.53. The Kier molecular flexibility index (Phi) is 3.18. The van der Waals surface area contributed by atoms with E-state index in [9.17, 15) is 9.59 Å². The summed E-state index contributed by atoms with van der Waals surface area (Å²) in [5.41, 5.74) is 0.0283. The first-order chi connectivity index (χ1) is 9.36. The first-order valence-corrected chi connectivity index (χ1v) is 7.24. The second kappa shape index (κ2) is 4.53. The Morgan fingerprint density at radius 3 is 2.50 bits per heavy atom. The highest BCUT2D eigenvalue weighted by atomic mass is 16.7. The highest BCUT2D eigenvalue weighted by Gasteiger charge is 2.59. The molecule has 3 fully saturated rings. The molecule has 0 aromatic carbocycles. The number of rotatable bonds is 1. The number of ether oxygens (including phenoxy) is 3. The van der Waals surface area contributed by atoms with Gasteiger partial charge in [-0.05, 0) is 11.8 Å². The van der Waals surface area contributed by atoms with E-state index in [2.05, 4.69) is 13.8 Å². The van der Waals surface area contributed by atoms with E-state index in [1.165, 1.54) is 7.11 Å². The number of hydrogen-bond donors (Lipinski definition) is 0. The Hall–Kier alpha value is -0.940. The molecule has 2 saturated carbocycles. The fourth-order valence-corrected chi connectivity index (χ4v) is 3.80. The molecule has 0 radical (unpaired) electrons. The lowest BCUT2D eigenvalue weighted by Crippen LogP contribution is -2.46. The molecule has 3 aliphatic rings. The number of Topliss-reactive ketones (excluding diaryl/α,β-unsaturated/α-hetero) is 1. The van der Waals surface area contributed by atoms with Crippen LogP contribution in [0.25, 0.3) is 0 Å². The van der Waals surface area contributed by atoms with Crippen LogP contribution in [0.3, 0.4) is 0 Å². The van der Waals surface area contributed by atoms with Crippen molar-refractivity contribution in [1.82, 2.24) is 0 Å². The molecule has 0 bridgehead atoms. The van der Waals surface area contributed by atoms with Crippen molar-refractivity contribution in [3.63, 3.8) is 0 Å². The van der Waals surface area contributed by atoms with E-state index < -0.39 is 17.7 Å². The molecule has 1 spiro atoms. The third-order valence-electron chi connectivity index (χ3n) is 4.87. The average molecular weight is 282 g/mol. The van der Waals surface area contributed by atoms with Gasteiger partial charge in [-0.2, -0.15) is 0 Å². The van der Waals surface area contributed by atoms with Crippen LogP contribution in [0, 0.1) is 23.2 Å². The van der Waals surface area contributed by atoms with Crippen LogP contribution in [0.5, 0.6) is 0 Å². The zero-order valence-electron chi connectivity index (χ0n) is 12.3. The summed E-state index contributed by atoms with van der Waals surface area (Å²) in [4.78, 5) is 23.8. The van der Waals surface area contributed by atoms with Gasteiger partial charge in [-0.3, -0.25) is 9.59 Å². The van der Waals surface area contributed by atoms with Crippen LogP contribution in [0.15, 0.2) is 0 Å². The van der Waals surface area contributed by atoms with E-state index in [4.69, 9.17) is 14.2 Å². The van der Waals surface area contributed by atoms with Crippen LogP contribution >= 0.6 is 0 Å². The van der Waals surface area contributed by atoms with E-state index in [1.807, 2.05) is 0 Å². The normalized spacial score (nSPS) is 38.0. The molecule has 1 aliphatic heterocycles. The quantitative estimate of drug-likeness (QED) is 0.539. The van der Waals surface area contributed by atoms with Crippen LogP contribution in [-0.4, -0.2) is 37.9 Å². The number of hydrogen-bond acceptors (Lipinski definition) is 5. The summed E-state index contributed by atoms with van der Waals surface area (Å²) >= 11 is 0. The fraction of sp³-hybridized carbons (Fsp3) is 0.867. The number of carbonyl (C=O) groups excluding carboxylic acids is 2. The highest BCUT2D eigenvalue weighted by molar-refractivity contribution is 6.01. The molecular weight excluding hydrogens is 260 g/mol. The van der Waals surface area contributed by atoms with Gasteiger partial charge in [0.1, 0.15) is 11.7 Å². The summed E-state index contributed by atoms with van der Waals surface area (Å²) in [6.07, 6.45) is 1.79. The third kappa shape index (κ3) is 2.17. The van der Waals surface area contributed by atoms with E-state index in [0.717, 1.165) is 0 Å². The van der Waals surface area contributed by atoms with Crippen molar-refractivity contribution in [2.45, 2.75) is 38.9 Å². The predicted molar refractivity (Wildman–Crippen MR) is 69.8 cm³/mol. The van der Waals surface area contributed by atoms with Gasteiger partial charge in [0.2, 0.25) is 0 Å². The van der Waals surface area contributed by atoms with Crippen LogP contribution < -0.4 is 0 Å². The van der Waals surface area contributed by atoms with Crippen molar-refractivity contribution in [2.24, 2.45) is 23.2 Å². The minimum Gasteiger partial charge on any atom is -0.468 e. The van der Waals surface area contributed by atoms with Gasteiger partial charge < -0.3 is 14.2 Å². The van der Waals surface area contributed by atoms with Gasteiger partial charge in [0, 0.05) is 24.7 Å². The zero-order chi connectivity index (χ0) is 14.5. The average Bonchev–Trinajstić information content (AvgIpc) is 2.86. The molecule has 1 heterocycles. The number of fused-ring (bicyclic) bond motifs is 1. The van der Waals surface area contributed by atoms with Crippen molar-refractivity contribution in [1.29, 1.82) is 0 Å².